The van der Waals surface area contributed by atoms with Crippen LogP contribution in [-0.2, 0) is 4.79 Å². The number of anilines is 2. The van der Waals surface area contributed by atoms with Gasteiger partial charge in [0.2, 0.25) is 5.91 Å². The predicted octanol–water partition coefficient (Wildman–Crippen LogP) is 2.01. The van der Waals surface area contributed by atoms with Crippen molar-refractivity contribution in [1.82, 2.24) is 4.98 Å². The molecule has 0 radical (unpaired) electrons. The van der Waals surface area contributed by atoms with Crippen molar-refractivity contribution < 1.29 is 4.79 Å². The van der Waals surface area contributed by atoms with Gasteiger partial charge < -0.3 is 10.2 Å². The quantitative estimate of drug-likeness (QED) is 0.902. The van der Waals surface area contributed by atoms with Gasteiger partial charge in [-0.2, -0.15) is 0 Å². The van der Waals surface area contributed by atoms with Crippen LogP contribution in [-0.4, -0.2) is 24.0 Å². The Morgan fingerprint density at radius 2 is 2.38 bits per heavy atom. The van der Waals surface area contributed by atoms with Gasteiger partial charge in [-0.3, -0.25) is 4.79 Å². The lowest BCUT2D eigenvalue weighted by Gasteiger charge is -2.29. The molecule has 1 saturated carbocycles. The van der Waals surface area contributed by atoms with Crippen molar-refractivity contribution in [3.05, 3.63) is 16.7 Å². The molecule has 0 saturated heterocycles. The van der Waals surface area contributed by atoms with Crippen molar-refractivity contribution in [3.8, 4) is 0 Å². The molecule has 3 rings (SSSR count). The number of fused-ring (bicyclic) bond motifs is 1. The third-order valence-electron chi connectivity index (χ3n) is 2.92. The van der Waals surface area contributed by atoms with Crippen LogP contribution in [0, 0.1) is 5.92 Å². The highest BCUT2D eigenvalue weighted by Crippen LogP contribution is 2.35. The lowest BCUT2D eigenvalue weighted by Crippen LogP contribution is -2.39. The molecule has 16 heavy (non-hydrogen) atoms. The number of carbonyl (C=O) groups is 1. The highest BCUT2D eigenvalue weighted by Gasteiger charge is 2.29. The minimum Gasteiger partial charge on any atom is -0.345 e. The number of hydrogen-bond acceptors (Lipinski definition) is 3. The number of carbonyl (C=O) groups excluding carboxylic acids is 1. The molecule has 0 aromatic carbocycles. The maximum Gasteiger partial charge on any atom is 0.244 e. The number of hydrogen-bond donors (Lipinski definition) is 1. The molecule has 2 heterocycles. The maximum atomic E-state index is 11.6. The summed E-state index contributed by atoms with van der Waals surface area (Å²) in [6.07, 6.45) is 4.34. The first-order valence-electron chi connectivity index (χ1n) is 5.43. The molecular weight excluding hydrogens is 270 g/mol. The summed E-state index contributed by atoms with van der Waals surface area (Å²) in [5, 5.41) is 2.85. The molecule has 84 valence electrons. The minimum atomic E-state index is 0.0491. The highest BCUT2D eigenvalue weighted by atomic mass is 79.9. The Labute approximate surface area is 102 Å². The van der Waals surface area contributed by atoms with E-state index >= 15 is 0 Å². The molecule has 0 spiro atoms. The molecule has 0 unspecified atom stereocenters. The molecule has 1 aromatic heterocycles. The molecule has 1 N–H and O–H groups in total. The Balaban J connectivity index is 1.93. The van der Waals surface area contributed by atoms with Gasteiger partial charge in [-0.25, -0.2) is 4.98 Å². The van der Waals surface area contributed by atoms with E-state index in [2.05, 4.69) is 31.1 Å². The topological polar surface area (TPSA) is 45.2 Å². The van der Waals surface area contributed by atoms with E-state index in [0.29, 0.717) is 6.54 Å². The van der Waals surface area contributed by atoms with Crippen molar-refractivity contribution in [2.75, 3.05) is 23.3 Å². The molecule has 2 aliphatic rings. The van der Waals surface area contributed by atoms with Gasteiger partial charge in [0.25, 0.3) is 0 Å². The van der Waals surface area contributed by atoms with Gasteiger partial charge in [0.05, 0.1) is 12.2 Å². The summed E-state index contributed by atoms with van der Waals surface area (Å²) in [7, 11) is 0. The second-order valence-corrected chi connectivity index (χ2v) is 5.31. The Morgan fingerprint density at radius 3 is 3.12 bits per heavy atom. The first-order valence-corrected chi connectivity index (χ1v) is 6.22. The molecule has 0 bridgehead atoms. The lowest BCUT2D eigenvalue weighted by molar-refractivity contribution is -0.115. The van der Waals surface area contributed by atoms with Crippen molar-refractivity contribution in [3.63, 3.8) is 0 Å². The summed E-state index contributed by atoms with van der Waals surface area (Å²) in [5.41, 5.74) is 0.811. The standard InChI is InChI=1S/C11H12BrN3O/c12-8-3-9-11(13-4-8)15(5-7-1-2-7)6-10(16)14-9/h3-4,7H,1-2,5-6H2,(H,14,16). The largest absolute Gasteiger partial charge is 0.345 e. The van der Waals surface area contributed by atoms with Crippen LogP contribution < -0.4 is 10.2 Å². The van der Waals surface area contributed by atoms with Crippen molar-refractivity contribution in [2.45, 2.75) is 12.8 Å². The number of pyridine rings is 1. The van der Waals surface area contributed by atoms with Crippen LogP contribution in [0.2, 0.25) is 0 Å². The number of rotatable bonds is 2. The van der Waals surface area contributed by atoms with Crippen LogP contribution in [0.4, 0.5) is 11.5 Å². The fourth-order valence-electron chi connectivity index (χ4n) is 1.98. The number of halogens is 1. The number of nitrogens with one attached hydrogen (secondary N) is 1. The fourth-order valence-corrected chi connectivity index (χ4v) is 2.31. The third kappa shape index (κ3) is 1.91. The summed E-state index contributed by atoms with van der Waals surface area (Å²) in [5.74, 6) is 1.70. The van der Waals surface area contributed by atoms with Gasteiger partial charge in [-0.15, -0.1) is 0 Å². The van der Waals surface area contributed by atoms with Crippen LogP contribution in [0.3, 0.4) is 0 Å². The van der Waals surface area contributed by atoms with Crippen LogP contribution in [0.1, 0.15) is 12.8 Å². The first-order chi connectivity index (χ1) is 7.72. The highest BCUT2D eigenvalue weighted by molar-refractivity contribution is 9.10. The van der Waals surface area contributed by atoms with Gasteiger partial charge in [0.15, 0.2) is 5.82 Å². The average Bonchev–Trinajstić information content (AvgIpc) is 3.00. The summed E-state index contributed by atoms with van der Waals surface area (Å²) in [4.78, 5) is 18.0. The number of amides is 1. The summed E-state index contributed by atoms with van der Waals surface area (Å²) >= 11 is 3.36. The Kier molecular flexibility index (Phi) is 2.35. The second-order valence-electron chi connectivity index (χ2n) is 4.40. The molecule has 1 aliphatic carbocycles. The Hall–Kier alpha value is -1.10. The molecular formula is C11H12BrN3O. The van der Waals surface area contributed by atoms with E-state index in [0.717, 1.165) is 28.4 Å². The van der Waals surface area contributed by atoms with Crippen LogP contribution in [0.5, 0.6) is 0 Å². The van der Waals surface area contributed by atoms with E-state index < -0.39 is 0 Å². The first kappa shape index (κ1) is 10.1. The van der Waals surface area contributed by atoms with E-state index in [9.17, 15) is 4.79 Å². The molecule has 1 fully saturated rings. The maximum absolute atomic E-state index is 11.6. The smallest absolute Gasteiger partial charge is 0.244 e. The minimum absolute atomic E-state index is 0.0491. The van der Waals surface area contributed by atoms with Gasteiger partial charge in [-0.05, 0) is 40.8 Å². The Morgan fingerprint density at radius 1 is 1.56 bits per heavy atom. The zero-order valence-electron chi connectivity index (χ0n) is 8.74. The zero-order chi connectivity index (χ0) is 11.1. The van der Waals surface area contributed by atoms with Crippen LogP contribution in [0.25, 0.3) is 0 Å². The normalized spacial score (nSPS) is 19.3. The molecule has 5 heteroatoms. The summed E-state index contributed by atoms with van der Waals surface area (Å²) in [6, 6.07) is 1.90. The molecule has 1 aromatic rings. The van der Waals surface area contributed by atoms with Crippen LogP contribution >= 0.6 is 15.9 Å². The van der Waals surface area contributed by atoms with E-state index in [1.165, 1.54) is 12.8 Å². The van der Waals surface area contributed by atoms with E-state index in [-0.39, 0.29) is 5.91 Å². The summed E-state index contributed by atoms with van der Waals surface area (Å²) < 4.78 is 0.889. The van der Waals surface area contributed by atoms with Crippen LogP contribution in [0.15, 0.2) is 16.7 Å². The van der Waals surface area contributed by atoms with Crippen molar-refractivity contribution >= 4 is 33.3 Å². The monoisotopic (exact) mass is 281 g/mol. The summed E-state index contributed by atoms with van der Waals surface area (Å²) in [6.45, 7) is 1.38. The second kappa shape index (κ2) is 3.73. The van der Waals surface area contributed by atoms with E-state index in [1.54, 1.807) is 6.20 Å². The van der Waals surface area contributed by atoms with Gasteiger partial charge in [-0.1, -0.05) is 0 Å². The van der Waals surface area contributed by atoms with E-state index in [4.69, 9.17) is 0 Å². The molecule has 4 nitrogen and oxygen atoms in total. The Bertz CT molecular complexity index is 445. The predicted molar refractivity (Wildman–Crippen MR) is 65.5 cm³/mol. The number of nitrogens with zero attached hydrogens (tertiary/aromatic N) is 2. The van der Waals surface area contributed by atoms with Crippen molar-refractivity contribution in [1.29, 1.82) is 0 Å². The average molecular weight is 282 g/mol. The van der Waals surface area contributed by atoms with Crippen molar-refractivity contribution in [2.24, 2.45) is 5.92 Å². The number of aromatic nitrogens is 1. The SMILES string of the molecule is O=C1CN(CC2CC2)c2ncc(Br)cc2N1. The van der Waals surface area contributed by atoms with Gasteiger partial charge in [0, 0.05) is 17.2 Å². The molecule has 0 atom stereocenters. The fraction of sp³-hybridized carbons (Fsp3) is 0.455. The van der Waals surface area contributed by atoms with Gasteiger partial charge in [0.1, 0.15) is 0 Å². The van der Waals surface area contributed by atoms with E-state index in [1.807, 2.05) is 6.07 Å². The zero-order valence-corrected chi connectivity index (χ0v) is 10.3. The molecule has 1 aliphatic heterocycles. The van der Waals surface area contributed by atoms with Gasteiger partial charge >= 0.3 is 0 Å². The third-order valence-corrected chi connectivity index (χ3v) is 3.35. The lowest BCUT2D eigenvalue weighted by atomic mass is 10.2. The molecule has 1 amide bonds.